The molecular weight excluding hydrogens is 341 g/mol. The van der Waals surface area contributed by atoms with Gasteiger partial charge in [0.05, 0.1) is 5.56 Å². The molecule has 1 fully saturated rings. The summed E-state index contributed by atoms with van der Waals surface area (Å²) in [6.07, 6.45) is 2.18. The number of piperidine rings is 1. The number of aromatic nitrogens is 1. The minimum atomic E-state index is -4.31. The van der Waals surface area contributed by atoms with E-state index in [0.29, 0.717) is 30.0 Å². The molecule has 2 heterocycles. The van der Waals surface area contributed by atoms with Crippen molar-refractivity contribution in [3.05, 3.63) is 65.5 Å². The molecule has 1 saturated heterocycles. The van der Waals surface area contributed by atoms with Crippen molar-refractivity contribution in [3.63, 3.8) is 0 Å². The first kappa shape index (κ1) is 18.4. The van der Waals surface area contributed by atoms with Crippen molar-refractivity contribution in [2.24, 2.45) is 5.92 Å². The van der Waals surface area contributed by atoms with Gasteiger partial charge in [0, 0.05) is 31.0 Å². The second kappa shape index (κ2) is 7.89. The van der Waals surface area contributed by atoms with E-state index in [1.54, 1.807) is 30.6 Å². The lowest BCUT2D eigenvalue weighted by molar-refractivity contribution is -0.137. The van der Waals surface area contributed by atoms with E-state index < -0.39 is 11.7 Å². The number of carbonyl (C=O) groups is 1. The molecule has 1 aliphatic heterocycles. The van der Waals surface area contributed by atoms with Crippen molar-refractivity contribution in [2.45, 2.75) is 31.9 Å². The van der Waals surface area contributed by atoms with E-state index in [1.807, 2.05) is 4.90 Å². The van der Waals surface area contributed by atoms with Crippen molar-refractivity contribution in [1.82, 2.24) is 9.88 Å². The molecule has 26 heavy (non-hydrogen) atoms. The molecule has 1 aromatic carbocycles. The van der Waals surface area contributed by atoms with Crippen LogP contribution in [0.4, 0.5) is 13.2 Å². The number of likely N-dealkylation sites (tertiary alicyclic amines) is 1. The molecule has 0 saturated carbocycles. The zero-order valence-corrected chi connectivity index (χ0v) is 14.4. The second-order valence-corrected chi connectivity index (χ2v) is 6.73. The minimum Gasteiger partial charge on any atom is -0.338 e. The van der Waals surface area contributed by atoms with Gasteiger partial charge >= 0.3 is 6.18 Å². The lowest BCUT2D eigenvalue weighted by atomic mass is 9.91. The Morgan fingerprint density at radius 2 is 1.96 bits per heavy atom. The molecule has 0 unspecified atom stereocenters. The van der Waals surface area contributed by atoms with Crippen LogP contribution in [0, 0.1) is 5.92 Å². The van der Waals surface area contributed by atoms with Gasteiger partial charge in [-0.3, -0.25) is 9.78 Å². The number of amides is 1. The molecule has 1 amide bonds. The van der Waals surface area contributed by atoms with Gasteiger partial charge < -0.3 is 4.90 Å². The first-order valence-electron chi connectivity index (χ1n) is 8.79. The third-order valence-electron chi connectivity index (χ3n) is 4.83. The van der Waals surface area contributed by atoms with Crippen LogP contribution in [-0.4, -0.2) is 28.9 Å². The maximum Gasteiger partial charge on any atom is 0.416 e. The molecule has 3 nitrogen and oxygen atoms in total. The molecule has 1 aliphatic rings. The maximum absolute atomic E-state index is 12.8. The van der Waals surface area contributed by atoms with Crippen molar-refractivity contribution >= 4 is 5.91 Å². The first-order chi connectivity index (χ1) is 12.4. The standard InChI is InChI=1S/C20H21F3N2O/c21-20(22,23)18-5-1-3-15(13-18)6-7-16-4-2-12-25(14-16)19(26)17-8-10-24-11-9-17/h1,3,5,8-11,13,16H,2,4,6-7,12,14H2/t16-/m0/s1. The van der Waals surface area contributed by atoms with Gasteiger partial charge in [-0.05, 0) is 55.4 Å². The van der Waals surface area contributed by atoms with Crippen LogP contribution in [0.3, 0.4) is 0 Å². The zero-order chi connectivity index (χ0) is 18.6. The lowest BCUT2D eigenvalue weighted by Gasteiger charge is -2.33. The van der Waals surface area contributed by atoms with Crippen LogP contribution in [-0.2, 0) is 12.6 Å². The number of aryl methyl sites for hydroxylation is 1. The average molecular weight is 362 g/mol. The van der Waals surface area contributed by atoms with Gasteiger partial charge in [0.1, 0.15) is 0 Å². The largest absolute Gasteiger partial charge is 0.416 e. The predicted molar refractivity (Wildman–Crippen MR) is 92.6 cm³/mol. The maximum atomic E-state index is 12.8. The van der Waals surface area contributed by atoms with E-state index in [1.165, 1.54) is 12.1 Å². The quantitative estimate of drug-likeness (QED) is 0.797. The Morgan fingerprint density at radius 3 is 2.69 bits per heavy atom. The van der Waals surface area contributed by atoms with Crippen LogP contribution in [0.25, 0.3) is 0 Å². The highest BCUT2D eigenvalue weighted by Gasteiger charge is 2.30. The number of nitrogens with zero attached hydrogens (tertiary/aromatic N) is 2. The summed E-state index contributed by atoms with van der Waals surface area (Å²) in [5.41, 5.74) is 0.712. The SMILES string of the molecule is O=C(c1ccncc1)N1CCC[C@@H](CCc2cccc(C(F)(F)F)c2)C1. The van der Waals surface area contributed by atoms with Crippen LogP contribution in [0.1, 0.15) is 40.7 Å². The van der Waals surface area contributed by atoms with E-state index >= 15 is 0 Å². The number of halogens is 3. The van der Waals surface area contributed by atoms with E-state index in [9.17, 15) is 18.0 Å². The molecular formula is C20H21F3N2O. The molecule has 0 bridgehead atoms. The molecule has 0 spiro atoms. The second-order valence-electron chi connectivity index (χ2n) is 6.73. The van der Waals surface area contributed by atoms with Crippen LogP contribution >= 0.6 is 0 Å². The van der Waals surface area contributed by atoms with Crippen molar-refractivity contribution in [2.75, 3.05) is 13.1 Å². The number of pyridine rings is 1. The summed E-state index contributed by atoms with van der Waals surface area (Å²) in [6.45, 7) is 1.38. The number of rotatable bonds is 4. The monoisotopic (exact) mass is 362 g/mol. The van der Waals surface area contributed by atoms with Gasteiger partial charge in [0.2, 0.25) is 0 Å². The summed E-state index contributed by atoms with van der Waals surface area (Å²) in [7, 11) is 0. The van der Waals surface area contributed by atoms with Crippen LogP contribution in [0.2, 0.25) is 0 Å². The summed E-state index contributed by atoms with van der Waals surface area (Å²) < 4.78 is 38.4. The highest BCUT2D eigenvalue weighted by atomic mass is 19.4. The van der Waals surface area contributed by atoms with E-state index in [4.69, 9.17) is 0 Å². The summed E-state index contributed by atoms with van der Waals surface area (Å²) in [5, 5.41) is 0. The average Bonchev–Trinajstić information content (AvgIpc) is 2.66. The zero-order valence-electron chi connectivity index (χ0n) is 14.4. The summed E-state index contributed by atoms with van der Waals surface area (Å²) in [6, 6.07) is 8.92. The van der Waals surface area contributed by atoms with Gasteiger partial charge in [-0.1, -0.05) is 18.2 Å². The fraction of sp³-hybridized carbons (Fsp3) is 0.400. The smallest absolute Gasteiger partial charge is 0.338 e. The highest BCUT2D eigenvalue weighted by Crippen LogP contribution is 2.30. The molecule has 0 aliphatic carbocycles. The van der Waals surface area contributed by atoms with Crippen LogP contribution < -0.4 is 0 Å². The molecule has 6 heteroatoms. The Balaban J connectivity index is 1.58. The molecule has 138 valence electrons. The van der Waals surface area contributed by atoms with Gasteiger partial charge in [-0.25, -0.2) is 0 Å². The third-order valence-corrected chi connectivity index (χ3v) is 4.83. The summed E-state index contributed by atoms with van der Waals surface area (Å²) >= 11 is 0. The fourth-order valence-corrected chi connectivity index (χ4v) is 3.44. The van der Waals surface area contributed by atoms with Crippen molar-refractivity contribution in [3.8, 4) is 0 Å². The molecule has 0 N–H and O–H groups in total. The Kier molecular flexibility index (Phi) is 5.59. The predicted octanol–water partition coefficient (Wildman–Crippen LogP) is 4.59. The number of alkyl halides is 3. The number of carbonyl (C=O) groups excluding carboxylic acids is 1. The highest BCUT2D eigenvalue weighted by molar-refractivity contribution is 5.94. The molecule has 2 aromatic rings. The van der Waals surface area contributed by atoms with Gasteiger partial charge in [0.15, 0.2) is 0 Å². The van der Waals surface area contributed by atoms with E-state index in [-0.39, 0.29) is 5.91 Å². The fourth-order valence-electron chi connectivity index (χ4n) is 3.44. The van der Waals surface area contributed by atoms with Crippen molar-refractivity contribution < 1.29 is 18.0 Å². The Hall–Kier alpha value is -2.37. The third kappa shape index (κ3) is 4.62. The topological polar surface area (TPSA) is 33.2 Å². The Bertz CT molecular complexity index is 746. The lowest BCUT2D eigenvalue weighted by Crippen LogP contribution is -2.40. The van der Waals surface area contributed by atoms with E-state index in [2.05, 4.69) is 4.98 Å². The van der Waals surface area contributed by atoms with Gasteiger partial charge in [-0.15, -0.1) is 0 Å². The summed E-state index contributed by atoms with van der Waals surface area (Å²) in [4.78, 5) is 18.3. The normalized spacial score (nSPS) is 18.0. The van der Waals surface area contributed by atoms with Crippen molar-refractivity contribution in [1.29, 1.82) is 0 Å². The Labute approximate surface area is 150 Å². The first-order valence-corrected chi connectivity index (χ1v) is 8.79. The van der Waals surface area contributed by atoms with Gasteiger partial charge in [-0.2, -0.15) is 13.2 Å². The molecule has 0 radical (unpaired) electrons. The Morgan fingerprint density at radius 1 is 1.19 bits per heavy atom. The van der Waals surface area contributed by atoms with Crippen LogP contribution in [0.15, 0.2) is 48.8 Å². The minimum absolute atomic E-state index is 0.00355. The van der Waals surface area contributed by atoms with Gasteiger partial charge in [0.25, 0.3) is 5.91 Å². The number of hydrogen-bond acceptors (Lipinski definition) is 2. The number of benzene rings is 1. The van der Waals surface area contributed by atoms with Crippen LogP contribution in [0.5, 0.6) is 0 Å². The number of hydrogen-bond donors (Lipinski definition) is 0. The summed E-state index contributed by atoms with van der Waals surface area (Å²) in [5.74, 6) is 0.306. The van der Waals surface area contributed by atoms with E-state index in [0.717, 1.165) is 31.9 Å². The molecule has 1 aromatic heterocycles. The molecule has 3 rings (SSSR count). The molecule has 1 atom stereocenters.